The molecule has 0 aliphatic rings. The lowest BCUT2D eigenvalue weighted by atomic mass is 10.2. The SMILES string of the molecule is Cc1ccc(S(=O)(=O)Cc2nnc(SCC(=O)NCC(C)C)n2C)cc1. The smallest absolute Gasteiger partial charge is 0.230 e. The van der Waals surface area contributed by atoms with Crippen molar-refractivity contribution in [2.75, 3.05) is 12.3 Å². The number of aryl methyl sites for hydroxylation is 1. The van der Waals surface area contributed by atoms with E-state index >= 15 is 0 Å². The van der Waals surface area contributed by atoms with Gasteiger partial charge in [0.2, 0.25) is 5.91 Å². The average molecular weight is 397 g/mol. The van der Waals surface area contributed by atoms with E-state index in [-0.39, 0.29) is 22.3 Å². The Morgan fingerprint density at radius 3 is 2.50 bits per heavy atom. The fourth-order valence-electron chi connectivity index (χ4n) is 2.09. The van der Waals surface area contributed by atoms with E-state index in [2.05, 4.69) is 15.5 Å². The lowest BCUT2D eigenvalue weighted by molar-refractivity contribution is -0.118. The zero-order valence-electron chi connectivity index (χ0n) is 15.4. The molecule has 1 amide bonds. The molecule has 26 heavy (non-hydrogen) atoms. The summed E-state index contributed by atoms with van der Waals surface area (Å²) in [7, 11) is -1.80. The molecule has 9 heteroatoms. The summed E-state index contributed by atoms with van der Waals surface area (Å²) < 4.78 is 26.7. The fraction of sp³-hybridized carbons (Fsp3) is 0.471. The van der Waals surface area contributed by atoms with Gasteiger partial charge in [-0.05, 0) is 25.0 Å². The van der Waals surface area contributed by atoms with Crippen LogP contribution in [0.3, 0.4) is 0 Å². The molecule has 7 nitrogen and oxygen atoms in total. The van der Waals surface area contributed by atoms with Gasteiger partial charge in [0.05, 0.1) is 10.6 Å². The summed E-state index contributed by atoms with van der Waals surface area (Å²) in [5.41, 5.74) is 0.997. The van der Waals surface area contributed by atoms with Gasteiger partial charge in [0, 0.05) is 13.6 Å². The molecule has 0 aliphatic heterocycles. The van der Waals surface area contributed by atoms with E-state index in [0.717, 1.165) is 5.56 Å². The Kier molecular flexibility index (Phi) is 6.82. The van der Waals surface area contributed by atoms with Crippen LogP contribution in [0.4, 0.5) is 0 Å². The molecule has 0 aliphatic carbocycles. The van der Waals surface area contributed by atoms with Gasteiger partial charge in [-0.3, -0.25) is 4.79 Å². The summed E-state index contributed by atoms with van der Waals surface area (Å²) in [4.78, 5) is 12.1. The number of carbonyl (C=O) groups excluding carboxylic acids is 1. The first-order valence-corrected chi connectivity index (χ1v) is 10.9. The van der Waals surface area contributed by atoms with Gasteiger partial charge in [-0.1, -0.05) is 43.3 Å². The Bertz CT molecular complexity index is 859. The molecule has 1 aromatic heterocycles. The standard InChI is InChI=1S/C17H24N4O3S2/c1-12(2)9-18-16(22)10-25-17-20-19-15(21(17)4)11-26(23,24)14-7-5-13(3)6-8-14/h5-8,12H,9-11H2,1-4H3,(H,18,22). The molecule has 142 valence electrons. The monoisotopic (exact) mass is 396 g/mol. The van der Waals surface area contributed by atoms with Crippen LogP contribution in [0.15, 0.2) is 34.3 Å². The van der Waals surface area contributed by atoms with Gasteiger partial charge in [-0.25, -0.2) is 8.42 Å². The Morgan fingerprint density at radius 2 is 1.88 bits per heavy atom. The Labute approximate surface area is 158 Å². The van der Waals surface area contributed by atoms with Crippen molar-refractivity contribution in [1.29, 1.82) is 0 Å². The zero-order valence-corrected chi connectivity index (χ0v) is 17.0. The second-order valence-electron chi connectivity index (χ2n) is 6.52. The van der Waals surface area contributed by atoms with Gasteiger partial charge < -0.3 is 9.88 Å². The topological polar surface area (TPSA) is 94.0 Å². The quantitative estimate of drug-likeness (QED) is 0.686. The fourth-order valence-corrected chi connectivity index (χ4v) is 4.16. The van der Waals surface area contributed by atoms with E-state index in [4.69, 9.17) is 0 Å². The highest BCUT2D eigenvalue weighted by Gasteiger charge is 2.20. The largest absolute Gasteiger partial charge is 0.355 e. The molecule has 0 radical (unpaired) electrons. The Morgan fingerprint density at radius 1 is 1.23 bits per heavy atom. The van der Waals surface area contributed by atoms with Crippen LogP contribution >= 0.6 is 11.8 Å². The van der Waals surface area contributed by atoms with Gasteiger partial charge >= 0.3 is 0 Å². The predicted molar refractivity (Wildman–Crippen MR) is 102 cm³/mol. The molecular formula is C17H24N4O3S2. The van der Waals surface area contributed by atoms with Gasteiger partial charge in [0.1, 0.15) is 11.6 Å². The van der Waals surface area contributed by atoms with Gasteiger partial charge in [-0.2, -0.15) is 0 Å². The van der Waals surface area contributed by atoms with E-state index in [0.29, 0.717) is 23.4 Å². The Hall–Kier alpha value is -1.87. The highest BCUT2D eigenvalue weighted by atomic mass is 32.2. The number of aromatic nitrogens is 3. The number of rotatable bonds is 8. The molecule has 1 aromatic carbocycles. The van der Waals surface area contributed by atoms with Crippen LogP contribution in [0.2, 0.25) is 0 Å². The summed E-state index contributed by atoms with van der Waals surface area (Å²) in [6.45, 7) is 6.58. The number of sulfone groups is 1. The van der Waals surface area contributed by atoms with Crippen molar-refractivity contribution < 1.29 is 13.2 Å². The third-order valence-electron chi connectivity index (χ3n) is 3.66. The van der Waals surface area contributed by atoms with Crippen LogP contribution < -0.4 is 5.32 Å². The normalized spacial score (nSPS) is 11.7. The van der Waals surface area contributed by atoms with Gasteiger partial charge in [0.25, 0.3) is 0 Å². The van der Waals surface area contributed by atoms with Gasteiger partial charge in [-0.15, -0.1) is 10.2 Å². The van der Waals surface area contributed by atoms with Crippen molar-refractivity contribution in [3.8, 4) is 0 Å². The molecular weight excluding hydrogens is 372 g/mol. The van der Waals surface area contributed by atoms with Crippen molar-refractivity contribution in [1.82, 2.24) is 20.1 Å². The summed E-state index contributed by atoms with van der Waals surface area (Å²) in [6, 6.07) is 6.72. The maximum atomic E-state index is 12.5. The molecule has 2 aromatic rings. The lowest BCUT2D eigenvalue weighted by Gasteiger charge is -2.07. The van der Waals surface area contributed by atoms with Crippen molar-refractivity contribution in [3.05, 3.63) is 35.7 Å². The highest BCUT2D eigenvalue weighted by Crippen LogP contribution is 2.20. The maximum absolute atomic E-state index is 12.5. The summed E-state index contributed by atoms with van der Waals surface area (Å²) in [5.74, 6) is 0.622. The van der Waals surface area contributed by atoms with Crippen LogP contribution in [0.25, 0.3) is 0 Å². The van der Waals surface area contributed by atoms with E-state index < -0.39 is 9.84 Å². The van der Waals surface area contributed by atoms with Crippen LogP contribution in [0.5, 0.6) is 0 Å². The lowest BCUT2D eigenvalue weighted by Crippen LogP contribution is -2.28. The molecule has 1 N–H and O–H groups in total. The molecule has 0 atom stereocenters. The minimum absolute atomic E-state index is 0.0828. The number of amides is 1. The number of benzene rings is 1. The summed E-state index contributed by atoms with van der Waals surface area (Å²) in [6.07, 6.45) is 0. The Balaban J connectivity index is 2.02. The first-order chi connectivity index (χ1) is 12.2. The number of hydrogen-bond acceptors (Lipinski definition) is 6. The predicted octanol–water partition coefficient (Wildman–Crippen LogP) is 1.96. The molecule has 1 heterocycles. The number of thioether (sulfide) groups is 1. The van der Waals surface area contributed by atoms with Crippen molar-refractivity contribution in [3.63, 3.8) is 0 Å². The molecule has 0 fully saturated rings. The zero-order chi connectivity index (χ0) is 19.3. The van der Waals surface area contributed by atoms with Crippen LogP contribution in [-0.4, -0.2) is 41.4 Å². The summed E-state index contributed by atoms with van der Waals surface area (Å²) >= 11 is 1.23. The molecule has 0 spiro atoms. The summed E-state index contributed by atoms with van der Waals surface area (Å²) in [5, 5.41) is 11.3. The van der Waals surface area contributed by atoms with Gasteiger partial charge in [0.15, 0.2) is 15.0 Å². The molecule has 0 bridgehead atoms. The van der Waals surface area contributed by atoms with Crippen LogP contribution in [0, 0.1) is 12.8 Å². The van der Waals surface area contributed by atoms with E-state index in [1.54, 1.807) is 35.9 Å². The van der Waals surface area contributed by atoms with Crippen molar-refractivity contribution in [2.24, 2.45) is 13.0 Å². The maximum Gasteiger partial charge on any atom is 0.230 e. The molecule has 2 rings (SSSR count). The minimum atomic E-state index is -3.50. The van der Waals surface area contributed by atoms with Crippen molar-refractivity contribution >= 4 is 27.5 Å². The number of nitrogens with one attached hydrogen (secondary N) is 1. The van der Waals surface area contributed by atoms with E-state index in [9.17, 15) is 13.2 Å². The molecule has 0 unspecified atom stereocenters. The van der Waals surface area contributed by atoms with Crippen molar-refractivity contribution in [2.45, 2.75) is 36.6 Å². The van der Waals surface area contributed by atoms with Crippen LogP contribution in [0.1, 0.15) is 25.2 Å². The van der Waals surface area contributed by atoms with E-state index in [1.165, 1.54) is 11.8 Å². The number of nitrogens with zero attached hydrogens (tertiary/aromatic N) is 3. The highest BCUT2D eigenvalue weighted by molar-refractivity contribution is 7.99. The van der Waals surface area contributed by atoms with Crippen LogP contribution in [-0.2, 0) is 27.4 Å². The first kappa shape index (κ1) is 20.4. The number of hydrogen-bond donors (Lipinski definition) is 1. The average Bonchev–Trinajstić information content (AvgIpc) is 2.91. The molecule has 0 saturated carbocycles. The molecule has 0 saturated heterocycles. The third kappa shape index (κ3) is 5.57. The third-order valence-corrected chi connectivity index (χ3v) is 6.31. The second-order valence-corrected chi connectivity index (χ2v) is 9.45. The minimum Gasteiger partial charge on any atom is -0.355 e. The second kappa shape index (κ2) is 8.68. The first-order valence-electron chi connectivity index (χ1n) is 8.26. The van der Waals surface area contributed by atoms with E-state index in [1.807, 2.05) is 20.8 Å². The number of carbonyl (C=O) groups is 1.